The van der Waals surface area contributed by atoms with Crippen LogP contribution in [0.5, 0.6) is 0 Å². The first-order chi connectivity index (χ1) is 13.1. The standard InChI is InChI=1S/C18H18N4O5/c23-11-15(17(24)12-6-8-14(9-7-12)22(25)26)19-10-16-20-21-18(27-16)13-4-2-1-3-5-13/h1-9,15,17,19,23-24H,10-11H2/t15-,17+/m1/s1. The van der Waals surface area contributed by atoms with Crippen molar-refractivity contribution in [2.24, 2.45) is 0 Å². The van der Waals surface area contributed by atoms with Gasteiger partial charge < -0.3 is 19.9 Å². The molecule has 2 atom stereocenters. The lowest BCUT2D eigenvalue weighted by Gasteiger charge is -2.21. The van der Waals surface area contributed by atoms with Gasteiger partial charge >= 0.3 is 0 Å². The number of aliphatic hydroxyl groups excluding tert-OH is 2. The summed E-state index contributed by atoms with van der Waals surface area (Å²) in [5.74, 6) is 0.687. The summed E-state index contributed by atoms with van der Waals surface area (Å²) in [5.41, 5.74) is 1.17. The van der Waals surface area contributed by atoms with Crippen LogP contribution >= 0.6 is 0 Å². The van der Waals surface area contributed by atoms with E-state index in [2.05, 4.69) is 15.5 Å². The number of hydrogen-bond donors (Lipinski definition) is 3. The van der Waals surface area contributed by atoms with Gasteiger partial charge in [0.05, 0.1) is 30.2 Å². The molecule has 3 N–H and O–H groups in total. The molecular weight excluding hydrogens is 352 g/mol. The molecule has 0 bridgehead atoms. The van der Waals surface area contributed by atoms with Crippen LogP contribution in [0, 0.1) is 10.1 Å². The van der Waals surface area contributed by atoms with Crippen LogP contribution in [0.2, 0.25) is 0 Å². The van der Waals surface area contributed by atoms with E-state index in [-0.39, 0.29) is 18.8 Å². The van der Waals surface area contributed by atoms with Crippen LogP contribution in [0.15, 0.2) is 59.0 Å². The van der Waals surface area contributed by atoms with Gasteiger partial charge in [0, 0.05) is 17.7 Å². The van der Waals surface area contributed by atoms with Crippen molar-refractivity contribution in [3.63, 3.8) is 0 Å². The van der Waals surface area contributed by atoms with Crippen LogP contribution in [-0.2, 0) is 6.54 Å². The van der Waals surface area contributed by atoms with Gasteiger partial charge in [0.1, 0.15) is 0 Å². The Hall–Kier alpha value is -3.14. The smallest absolute Gasteiger partial charge is 0.269 e. The molecule has 27 heavy (non-hydrogen) atoms. The summed E-state index contributed by atoms with van der Waals surface area (Å²) in [6, 6.07) is 14.1. The average Bonchev–Trinajstić information content (AvgIpc) is 3.18. The summed E-state index contributed by atoms with van der Waals surface area (Å²) in [4.78, 5) is 10.2. The van der Waals surface area contributed by atoms with Crippen LogP contribution in [0.3, 0.4) is 0 Å². The molecule has 1 heterocycles. The van der Waals surface area contributed by atoms with E-state index in [1.807, 2.05) is 30.3 Å². The molecule has 140 valence electrons. The summed E-state index contributed by atoms with van der Waals surface area (Å²) < 4.78 is 5.57. The second-order valence-corrected chi connectivity index (χ2v) is 5.83. The number of aromatic nitrogens is 2. The second-order valence-electron chi connectivity index (χ2n) is 5.83. The van der Waals surface area contributed by atoms with Gasteiger partial charge in [-0.25, -0.2) is 0 Å². The molecule has 9 heteroatoms. The van der Waals surface area contributed by atoms with Gasteiger partial charge in [0.2, 0.25) is 11.8 Å². The van der Waals surface area contributed by atoms with Crippen LogP contribution in [0.1, 0.15) is 17.6 Å². The van der Waals surface area contributed by atoms with Crippen LogP contribution in [0.4, 0.5) is 5.69 Å². The molecule has 0 saturated heterocycles. The quantitative estimate of drug-likeness (QED) is 0.404. The van der Waals surface area contributed by atoms with Gasteiger partial charge in [-0.3, -0.25) is 10.1 Å². The van der Waals surface area contributed by atoms with Crippen LogP contribution < -0.4 is 5.32 Å². The fraction of sp³-hybridized carbons (Fsp3) is 0.222. The summed E-state index contributed by atoms with van der Waals surface area (Å²) in [7, 11) is 0. The molecular formula is C18H18N4O5. The van der Waals surface area contributed by atoms with Crippen molar-refractivity contribution in [1.29, 1.82) is 0 Å². The molecule has 0 aliphatic heterocycles. The number of non-ortho nitro benzene ring substituents is 1. The normalized spacial score (nSPS) is 13.3. The Morgan fingerprint density at radius 1 is 1.11 bits per heavy atom. The van der Waals surface area contributed by atoms with Gasteiger partial charge in [0.15, 0.2) is 0 Å². The van der Waals surface area contributed by atoms with Crippen LogP contribution in [-0.4, -0.2) is 38.0 Å². The summed E-state index contributed by atoms with van der Waals surface area (Å²) in [5, 5.41) is 41.6. The van der Waals surface area contributed by atoms with Gasteiger partial charge in [-0.05, 0) is 29.8 Å². The molecule has 0 radical (unpaired) electrons. The monoisotopic (exact) mass is 370 g/mol. The molecule has 1 aromatic heterocycles. The highest BCUT2D eigenvalue weighted by Crippen LogP contribution is 2.21. The van der Waals surface area contributed by atoms with Crippen molar-refractivity contribution in [2.45, 2.75) is 18.7 Å². The molecule has 0 saturated carbocycles. The van der Waals surface area contributed by atoms with Crippen LogP contribution in [0.25, 0.3) is 11.5 Å². The largest absolute Gasteiger partial charge is 0.419 e. The number of nitrogens with one attached hydrogen (secondary N) is 1. The maximum absolute atomic E-state index is 10.7. The Morgan fingerprint density at radius 3 is 2.44 bits per heavy atom. The fourth-order valence-electron chi connectivity index (χ4n) is 2.54. The highest BCUT2D eigenvalue weighted by Gasteiger charge is 2.21. The van der Waals surface area contributed by atoms with Crippen molar-refractivity contribution in [2.75, 3.05) is 6.61 Å². The Kier molecular flexibility index (Phi) is 5.87. The van der Waals surface area contributed by atoms with Crippen molar-refractivity contribution < 1.29 is 19.6 Å². The zero-order valence-corrected chi connectivity index (χ0v) is 14.2. The van der Waals surface area contributed by atoms with E-state index in [0.717, 1.165) is 5.56 Å². The number of nitro groups is 1. The third kappa shape index (κ3) is 4.53. The predicted molar refractivity (Wildman–Crippen MR) is 95.5 cm³/mol. The number of benzene rings is 2. The van der Waals surface area contributed by atoms with E-state index in [4.69, 9.17) is 4.42 Å². The number of aliphatic hydroxyl groups is 2. The highest BCUT2D eigenvalue weighted by molar-refractivity contribution is 5.51. The van der Waals surface area contributed by atoms with Crippen molar-refractivity contribution in [1.82, 2.24) is 15.5 Å². The van der Waals surface area contributed by atoms with E-state index in [9.17, 15) is 20.3 Å². The molecule has 0 aliphatic carbocycles. The topological polar surface area (TPSA) is 135 Å². The zero-order chi connectivity index (χ0) is 19.2. The Bertz CT molecular complexity index is 882. The molecule has 0 fully saturated rings. The summed E-state index contributed by atoms with van der Waals surface area (Å²) >= 11 is 0. The molecule has 3 rings (SSSR count). The average molecular weight is 370 g/mol. The Balaban J connectivity index is 1.63. The van der Waals surface area contributed by atoms with Crippen molar-refractivity contribution >= 4 is 5.69 Å². The third-order valence-corrected chi connectivity index (χ3v) is 4.03. The number of hydrogen-bond acceptors (Lipinski definition) is 8. The second kappa shape index (κ2) is 8.49. The van der Waals surface area contributed by atoms with E-state index in [0.29, 0.717) is 17.3 Å². The zero-order valence-electron chi connectivity index (χ0n) is 14.2. The predicted octanol–water partition coefficient (Wildman–Crippen LogP) is 1.83. The number of nitrogens with zero attached hydrogens (tertiary/aromatic N) is 3. The first-order valence-corrected chi connectivity index (χ1v) is 8.23. The van der Waals surface area contributed by atoms with E-state index >= 15 is 0 Å². The minimum absolute atomic E-state index is 0.0706. The van der Waals surface area contributed by atoms with E-state index in [1.54, 1.807) is 0 Å². The van der Waals surface area contributed by atoms with Gasteiger partial charge in [-0.1, -0.05) is 18.2 Å². The lowest BCUT2D eigenvalue weighted by molar-refractivity contribution is -0.384. The lowest BCUT2D eigenvalue weighted by Crippen LogP contribution is -2.37. The number of nitro benzene ring substituents is 1. The highest BCUT2D eigenvalue weighted by atomic mass is 16.6. The first-order valence-electron chi connectivity index (χ1n) is 8.23. The third-order valence-electron chi connectivity index (χ3n) is 4.03. The number of rotatable bonds is 8. The van der Waals surface area contributed by atoms with Gasteiger partial charge in [-0.15, -0.1) is 10.2 Å². The molecule has 0 aliphatic rings. The van der Waals surface area contributed by atoms with E-state index < -0.39 is 17.1 Å². The molecule has 9 nitrogen and oxygen atoms in total. The fourth-order valence-corrected chi connectivity index (χ4v) is 2.54. The first kappa shape index (κ1) is 18.6. The SMILES string of the molecule is O=[N+]([O-])c1ccc([C@H](O)[C@@H](CO)NCc2nnc(-c3ccccc3)o2)cc1. The van der Waals surface area contributed by atoms with Gasteiger partial charge in [-0.2, -0.15) is 0 Å². The molecule has 0 amide bonds. The molecule has 0 spiro atoms. The summed E-state index contributed by atoms with van der Waals surface area (Å²) in [6.07, 6.45) is -1.06. The molecule has 0 unspecified atom stereocenters. The Morgan fingerprint density at radius 2 is 1.81 bits per heavy atom. The van der Waals surface area contributed by atoms with Gasteiger partial charge in [0.25, 0.3) is 5.69 Å². The maximum Gasteiger partial charge on any atom is 0.269 e. The van der Waals surface area contributed by atoms with Crippen molar-refractivity contribution in [3.05, 3.63) is 76.2 Å². The van der Waals surface area contributed by atoms with Crippen molar-refractivity contribution in [3.8, 4) is 11.5 Å². The maximum atomic E-state index is 10.7. The molecule has 3 aromatic rings. The van der Waals surface area contributed by atoms with E-state index in [1.165, 1.54) is 24.3 Å². The minimum atomic E-state index is -1.06. The lowest BCUT2D eigenvalue weighted by atomic mass is 10.0. The summed E-state index contributed by atoms with van der Waals surface area (Å²) in [6.45, 7) is -0.201. The Labute approximate surface area is 154 Å². The molecule has 2 aromatic carbocycles. The minimum Gasteiger partial charge on any atom is -0.419 e.